The molecule has 1 heterocycles. The normalized spacial score (nSPS) is 14.5. The Kier molecular flexibility index (Phi) is 14.0. The molecule has 0 radical (unpaired) electrons. The van der Waals surface area contributed by atoms with Gasteiger partial charge in [-0.15, -0.1) is 0 Å². The maximum Gasteiger partial charge on any atom is 0.227 e. The van der Waals surface area contributed by atoms with Crippen molar-refractivity contribution in [3.63, 3.8) is 0 Å². The van der Waals surface area contributed by atoms with Gasteiger partial charge in [-0.3, -0.25) is 14.9 Å². The number of hydrogen-bond donors (Lipinski definition) is 3. The van der Waals surface area contributed by atoms with Crippen LogP contribution in [0.4, 0.5) is 0 Å². The van der Waals surface area contributed by atoms with Crippen LogP contribution < -0.4 is 5.32 Å². The minimum atomic E-state index is -1.15. The molecular formula is C12H22N4O7. The monoisotopic (exact) mass is 334 g/mol. The lowest BCUT2D eigenvalue weighted by molar-refractivity contribution is -0.124. The summed E-state index contributed by atoms with van der Waals surface area (Å²) in [5.41, 5.74) is 7.97. The zero-order valence-corrected chi connectivity index (χ0v) is 12.7. The number of nitrogens with one attached hydrogen (secondary N) is 1. The lowest BCUT2D eigenvalue weighted by Gasteiger charge is -2.07. The van der Waals surface area contributed by atoms with Crippen molar-refractivity contribution in [2.45, 2.75) is 19.1 Å². The molecule has 0 saturated carbocycles. The van der Waals surface area contributed by atoms with Crippen LogP contribution in [0.1, 0.15) is 12.8 Å². The van der Waals surface area contributed by atoms with E-state index < -0.39 is 6.23 Å². The van der Waals surface area contributed by atoms with Gasteiger partial charge >= 0.3 is 0 Å². The average Bonchev–Trinajstić information content (AvgIpc) is 2.90. The number of carbonyl (C=O) groups is 2. The number of aliphatic hydroxyl groups is 2. The number of nitrogens with zero attached hydrogens (tertiary/aromatic N) is 3. The molecule has 0 spiro atoms. The van der Waals surface area contributed by atoms with Gasteiger partial charge in [-0.05, 0) is 5.53 Å². The molecule has 132 valence electrons. The Labute approximate surface area is 133 Å². The summed E-state index contributed by atoms with van der Waals surface area (Å²) in [7, 11) is 0. The molecular weight excluding hydrogens is 312 g/mol. The highest BCUT2D eigenvalue weighted by Crippen LogP contribution is 1.95. The van der Waals surface area contributed by atoms with Crippen LogP contribution in [0, 0.1) is 0 Å². The first-order valence-electron chi connectivity index (χ1n) is 6.99. The first-order chi connectivity index (χ1) is 11.1. The van der Waals surface area contributed by atoms with Gasteiger partial charge in [-0.2, -0.15) is 0 Å². The molecule has 1 saturated heterocycles. The van der Waals surface area contributed by atoms with Gasteiger partial charge in [0.1, 0.15) is 0 Å². The largest absolute Gasteiger partial charge is 0.394 e. The van der Waals surface area contributed by atoms with Crippen LogP contribution in [0.2, 0.25) is 0 Å². The molecule has 11 heteroatoms. The van der Waals surface area contributed by atoms with Gasteiger partial charge in [0.25, 0.3) is 0 Å². The number of azide groups is 1. The Morgan fingerprint density at radius 1 is 1.09 bits per heavy atom. The molecule has 0 aromatic rings. The maximum atomic E-state index is 10.1. The number of hydrogen-bond acceptors (Lipinski definition) is 8. The molecule has 11 nitrogen and oxygen atoms in total. The van der Waals surface area contributed by atoms with E-state index in [4.69, 9.17) is 30.0 Å². The van der Waals surface area contributed by atoms with Crippen LogP contribution in [0.15, 0.2) is 5.11 Å². The summed E-state index contributed by atoms with van der Waals surface area (Å²) in [6, 6.07) is 0. The predicted molar refractivity (Wildman–Crippen MR) is 77.1 cm³/mol. The number of rotatable bonds is 11. The second-order valence-electron chi connectivity index (χ2n) is 4.18. The van der Waals surface area contributed by atoms with E-state index in [2.05, 4.69) is 15.3 Å². The summed E-state index contributed by atoms with van der Waals surface area (Å²) >= 11 is 0. The van der Waals surface area contributed by atoms with Crippen molar-refractivity contribution in [2.24, 2.45) is 5.11 Å². The highest BCUT2D eigenvalue weighted by molar-refractivity contribution is 6.01. The van der Waals surface area contributed by atoms with E-state index in [-0.39, 0.29) is 25.0 Å². The number of imide groups is 1. The zero-order chi connectivity index (χ0) is 17.3. The number of aliphatic hydroxyl groups excluding tert-OH is 2. The molecule has 0 aromatic heterocycles. The molecule has 23 heavy (non-hydrogen) atoms. The van der Waals surface area contributed by atoms with Gasteiger partial charge in [-0.25, -0.2) is 0 Å². The quantitative estimate of drug-likeness (QED) is 0.145. The summed E-state index contributed by atoms with van der Waals surface area (Å²) in [5, 5.41) is 22.5. The van der Waals surface area contributed by atoms with E-state index in [0.717, 1.165) is 0 Å². The minimum absolute atomic E-state index is 0.000407. The van der Waals surface area contributed by atoms with Crippen molar-refractivity contribution < 1.29 is 34.0 Å². The molecule has 0 aromatic carbocycles. The van der Waals surface area contributed by atoms with Crippen molar-refractivity contribution in [2.75, 3.05) is 46.2 Å². The third kappa shape index (κ3) is 14.9. The fourth-order valence-corrected chi connectivity index (χ4v) is 1.29. The molecule has 0 aliphatic carbocycles. The van der Waals surface area contributed by atoms with Crippen LogP contribution in [0.5, 0.6) is 0 Å². The maximum absolute atomic E-state index is 10.1. The molecule has 1 rings (SSSR count). The fraction of sp³-hybridized carbons (Fsp3) is 0.833. The highest BCUT2D eigenvalue weighted by Gasteiger charge is 2.15. The second-order valence-corrected chi connectivity index (χ2v) is 4.18. The van der Waals surface area contributed by atoms with E-state index in [1.807, 2.05) is 0 Å². The molecule has 3 N–H and O–H groups in total. The smallest absolute Gasteiger partial charge is 0.227 e. The average molecular weight is 334 g/mol. The van der Waals surface area contributed by atoms with Crippen molar-refractivity contribution >= 4 is 11.8 Å². The van der Waals surface area contributed by atoms with Gasteiger partial charge in [0.2, 0.25) is 11.8 Å². The molecule has 1 aliphatic rings. The summed E-state index contributed by atoms with van der Waals surface area (Å²) in [6.07, 6.45) is -0.407. The number of amides is 2. The Morgan fingerprint density at radius 3 is 2.04 bits per heavy atom. The fourth-order valence-electron chi connectivity index (χ4n) is 1.29. The molecule has 1 unspecified atom stereocenters. The third-order valence-corrected chi connectivity index (χ3v) is 2.29. The van der Waals surface area contributed by atoms with Crippen LogP contribution in [0.25, 0.3) is 10.4 Å². The van der Waals surface area contributed by atoms with Crippen molar-refractivity contribution in [1.82, 2.24) is 5.32 Å². The Balaban J connectivity index is 0.000000568. The van der Waals surface area contributed by atoms with Crippen molar-refractivity contribution in [3.05, 3.63) is 10.4 Å². The van der Waals surface area contributed by atoms with Gasteiger partial charge in [0.15, 0.2) is 6.23 Å². The van der Waals surface area contributed by atoms with Crippen LogP contribution >= 0.6 is 0 Å². The zero-order valence-electron chi connectivity index (χ0n) is 12.7. The number of ether oxygens (including phenoxy) is 3. The van der Waals surface area contributed by atoms with E-state index in [1.54, 1.807) is 0 Å². The lowest BCUT2D eigenvalue weighted by atomic mass is 10.4. The standard InChI is InChI=1S/C8H17N3O5.C4H5NO2/c9-11-10-8(13)7-16-6-5-15-4-3-14-2-1-12;6-3-1-2-4(7)5-3/h8,12-13H,1-7H2;1-2H2,(H,5,6,7). The topological polar surface area (TPSA) is 163 Å². The summed E-state index contributed by atoms with van der Waals surface area (Å²) < 4.78 is 15.0. The van der Waals surface area contributed by atoms with E-state index in [9.17, 15) is 9.59 Å². The van der Waals surface area contributed by atoms with Gasteiger partial charge in [0.05, 0.1) is 46.2 Å². The lowest BCUT2D eigenvalue weighted by Crippen LogP contribution is -2.18. The second kappa shape index (κ2) is 15.2. The molecule has 2 amide bonds. The molecule has 0 bridgehead atoms. The van der Waals surface area contributed by atoms with E-state index in [0.29, 0.717) is 45.9 Å². The van der Waals surface area contributed by atoms with Gasteiger partial charge in [-0.1, -0.05) is 5.11 Å². The first-order valence-corrected chi connectivity index (χ1v) is 6.99. The van der Waals surface area contributed by atoms with E-state index >= 15 is 0 Å². The predicted octanol–water partition coefficient (Wildman–Crippen LogP) is -0.920. The Hall–Kier alpha value is -1.75. The summed E-state index contributed by atoms with van der Waals surface area (Å²) in [5.74, 6) is -0.296. The number of carbonyl (C=O) groups excluding carboxylic acids is 2. The van der Waals surface area contributed by atoms with Crippen molar-refractivity contribution in [3.8, 4) is 0 Å². The Bertz CT molecular complexity index is 374. The molecule has 1 atom stereocenters. The Morgan fingerprint density at radius 2 is 1.61 bits per heavy atom. The van der Waals surface area contributed by atoms with Gasteiger partial charge < -0.3 is 24.4 Å². The SMILES string of the molecule is O=C1CCC(=O)N1.[N-]=[N+]=NC(O)COCCOCCOCCO. The van der Waals surface area contributed by atoms with Crippen molar-refractivity contribution in [1.29, 1.82) is 0 Å². The van der Waals surface area contributed by atoms with E-state index in [1.165, 1.54) is 0 Å². The van der Waals surface area contributed by atoms with Gasteiger partial charge in [0, 0.05) is 17.8 Å². The first kappa shape index (κ1) is 21.2. The summed E-state index contributed by atoms with van der Waals surface area (Å²) in [4.78, 5) is 22.7. The highest BCUT2D eigenvalue weighted by atomic mass is 16.5. The van der Waals surface area contributed by atoms with Crippen LogP contribution in [0.3, 0.4) is 0 Å². The molecule has 1 fully saturated rings. The van der Waals surface area contributed by atoms with Crippen LogP contribution in [-0.4, -0.2) is 74.5 Å². The summed E-state index contributed by atoms with van der Waals surface area (Å²) in [6.45, 7) is 1.76. The van der Waals surface area contributed by atoms with Crippen LogP contribution in [-0.2, 0) is 23.8 Å². The third-order valence-electron chi connectivity index (χ3n) is 2.29. The minimum Gasteiger partial charge on any atom is -0.394 e. The molecule has 1 aliphatic heterocycles.